The molecule has 1 aromatic rings. The maximum atomic E-state index is 12.5. The lowest BCUT2D eigenvalue weighted by Gasteiger charge is -2.21. The fraction of sp³-hybridized carbons (Fsp3) is 0.500. The molecule has 2 fully saturated rings. The van der Waals surface area contributed by atoms with Crippen molar-refractivity contribution >= 4 is 23.8 Å². The Kier molecular flexibility index (Phi) is 5.30. The predicted molar refractivity (Wildman–Crippen MR) is 98.7 cm³/mol. The van der Waals surface area contributed by atoms with Gasteiger partial charge in [-0.05, 0) is 50.3 Å². The van der Waals surface area contributed by atoms with Crippen molar-refractivity contribution in [3.63, 3.8) is 0 Å². The first-order valence-corrected chi connectivity index (χ1v) is 9.35. The first kappa shape index (κ1) is 19.1. The molecule has 7 nitrogen and oxygen atoms in total. The Morgan fingerprint density at radius 2 is 1.78 bits per heavy atom. The number of hydrogen-bond donors (Lipinski definition) is 1. The monoisotopic (exact) mass is 371 g/mol. The fourth-order valence-electron chi connectivity index (χ4n) is 3.69. The molecule has 0 spiro atoms. The molecule has 3 rings (SSSR count). The number of amides is 5. The third kappa shape index (κ3) is 3.72. The molecular weight excluding hydrogens is 346 g/mol. The van der Waals surface area contributed by atoms with Crippen LogP contribution in [0.5, 0.6) is 0 Å². The van der Waals surface area contributed by atoms with E-state index in [1.54, 1.807) is 0 Å². The highest BCUT2D eigenvalue weighted by atomic mass is 16.2. The van der Waals surface area contributed by atoms with Gasteiger partial charge in [-0.25, -0.2) is 9.69 Å². The molecule has 7 heteroatoms. The van der Waals surface area contributed by atoms with Crippen LogP contribution in [-0.2, 0) is 14.4 Å². The number of urea groups is 1. The van der Waals surface area contributed by atoms with Gasteiger partial charge >= 0.3 is 17.8 Å². The van der Waals surface area contributed by atoms with E-state index in [9.17, 15) is 19.2 Å². The predicted octanol–water partition coefficient (Wildman–Crippen LogP) is 2.21. The summed E-state index contributed by atoms with van der Waals surface area (Å²) in [5.74, 6) is -2.20. The zero-order valence-electron chi connectivity index (χ0n) is 15.9. The molecule has 2 aliphatic rings. The number of rotatable bonds is 5. The lowest BCUT2D eigenvalue weighted by molar-refractivity contribution is -0.144. The van der Waals surface area contributed by atoms with Crippen molar-refractivity contribution in [3.05, 3.63) is 34.9 Å². The zero-order chi connectivity index (χ0) is 19.7. The second-order valence-corrected chi connectivity index (χ2v) is 7.42. The first-order valence-electron chi connectivity index (χ1n) is 9.35. The van der Waals surface area contributed by atoms with Crippen molar-refractivity contribution in [3.8, 4) is 0 Å². The minimum absolute atomic E-state index is 0.225. The SMILES string of the molecule is Cc1ccc(C(C)NC(=O)CN2C(=O)C(=O)N(C3CCCC3)C2=O)cc1C. The van der Waals surface area contributed by atoms with Gasteiger partial charge in [-0.1, -0.05) is 31.0 Å². The average molecular weight is 371 g/mol. The van der Waals surface area contributed by atoms with E-state index in [1.807, 2.05) is 39.0 Å². The van der Waals surface area contributed by atoms with Gasteiger partial charge < -0.3 is 5.32 Å². The first-order chi connectivity index (χ1) is 12.8. The van der Waals surface area contributed by atoms with Gasteiger partial charge in [0.15, 0.2) is 0 Å². The van der Waals surface area contributed by atoms with Gasteiger partial charge in [0, 0.05) is 6.04 Å². The molecule has 1 aliphatic heterocycles. The lowest BCUT2D eigenvalue weighted by Crippen LogP contribution is -2.43. The van der Waals surface area contributed by atoms with Gasteiger partial charge in [0.05, 0.1) is 6.04 Å². The Balaban J connectivity index is 1.64. The summed E-state index contributed by atoms with van der Waals surface area (Å²) < 4.78 is 0. The van der Waals surface area contributed by atoms with Crippen LogP contribution in [0.4, 0.5) is 4.79 Å². The third-order valence-corrected chi connectivity index (χ3v) is 5.48. The fourth-order valence-corrected chi connectivity index (χ4v) is 3.69. The molecule has 0 radical (unpaired) electrons. The summed E-state index contributed by atoms with van der Waals surface area (Å²) in [6.07, 6.45) is 3.30. The highest BCUT2D eigenvalue weighted by Gasteiger charge is 2.48. The molecule has 1 aromatic carbocycles. The molecule has 1 aliphatic carbocycles. The molecule has 1 atom stereocenters. The maximum absolute atomic E-state index is 12.5. The van der Waals surface area contributed by atoms with E-state index < -0.39 is 30.3 Å². The van der Waals surface area contributed by atoms with Gasteiger partial charge in [0.2, 0.25) is 5.91 Å². The van der Waals surface area contributed by atoms with Crippen LogP contribution in [0.3, 0.4) is 0 Å². The molecule has 144 valence electrons. The summed E-state index contributed by atoms with van der Waals surface area (Å²) in [4.78, 5) is 51.1. The Hall–Kier alpha value is -2.70. The van der Waals surface area contributed by atoms with E-state index in [4.69, 9.17) is 0 Å². The molecule has 1 N–H and O–H groups in total. The number of carbonyl (C=O) groups excluding carboxylic acids is 4. The van der Waals surface area contributed by atoms with Crippen molar-refractivity contribution in [2.24, 2.45) is 0 Å². The van der Waals surface area contributed by atoms with Crippen molar-refractivity contribution in [2.45, 2.75) is 58.5 Å². The van der Waals surface area contributed by atoms with Crippen LogP contribution in [-0.4, -0.2) is 46.1 Å². The maximum Gasteiger partial charge on any atom is 0.334 e. The number of aryl methyl sites for hydroxylation is 2. The van der Waals surface area contributed by atoms with Gasteiger partial charge in [-0.3, -0.25) is 19.3 Å². The Morgan fingerprint density at radius 1 is 1.11 bits per heavy atom. The Morgan fingerprint density at radius 3 is 2.41 bits per heavy atom. The smallest absolute Gasteiger partial charge is 0.334 e. The highest BCUT2D eigenvalue weighted by Crippen LogP contribution is 2.27. The van der Waals surface area contributed by atoms with E-state index in [2.05, 4.69) is 5.32 Å². The van der Waals surface area contributed by atoms with Gasteiger partial charge in [-0.2, -0.15) is 0 Å². The van der Waals surface area contributed by atoms with E-state index >= 15 is 0 Å². The Labute approximate surface area is 158 Å². The molecule has 0 aromatic heterocycles. The van der Waals surface area contributed by atoms with Crippen LogP contribution < -0.4 is 5.32 Å². The Bertz CT molecular complexity index is 798. The minimum Gasteiger partial charge on any atom is -0.348 e. The molecule has 27 heavy (non-hydrogen) atoms. The second-order valence-electron chi connectivity index (χ2n) is 7.42. The topological polar surface area (TPSA) is 86.8 Å². The number of hydrogen-bond acceptors (Lipinski definition) is 4. The normalized spacial score (nSPS) is 19.1. The van der Waals surface area contributed by atoms with Crippen LogP contribution in [0.1, 0.15) is 55.3 Å². The van der Waals surface area contributed by atoms with Crippen LogP contribution in [0, 0.1) is 13.8 Å². The van der Waals surface area contributed by atoms with Gasteiger partial charge in [0.1, 0.15) is 6.54 Å². The molecule has 1 saturated heterocycles. The van der Waals surface area contributed by atoms with Crippen LogP contribution in [0.2, 0.25) is 0 Å². The highest BCUT2D eigenvalue weighted by molar-refractivity contribution is 6.45. The van der Waals surface area contributed by atoms with Crippen molar-refractivity contribution < 1.29 is 19.2 Å². The second kappa shape index (κ2) is 7.50. The summed E-state index contributed by atoms with van der Waals surface area (Å²) in [7, 11) is 0. The van der Waals surface area contributed by atoms with Crippen LogP contribution in [0.15, 0.2) is 18.2 Å². The molecule has 1 heterocycles. The van der Waals surface area contributed by atoms with Gasteiger partial charge in [0.25, 0.3) is 0 Å². The molecule has 1 saturated carbocycles. The number of benzene rings is 1. The van der Waals surface area contributed by atoms with Crippen molar-refractivity contribution in [1.82, 2.24) is 15.1 Å². The van der Waals surface area contributed by atoms with Crippen molar-refractivity contribution in [1.29, 1.82) is 0 Å². The summed E-state index contributed by atoms with van der Waals surface area (Å²) in [6, 6.07) is 4.75. The van der Waals surface area contributed by atoms with E-state index in [1.165, 1.54) is 0 Å². The van der Waals surface area contributed by atoms with Crippen LogP contribution in [0.25, 0.3) is 0 Å². The number of nitrogens with zero attached hydrogens (tertiary/aromatic N) is 2. The molecule has 0 bridgehead atoms. The standard InChI is InChI=1S/C20H25N3O4/c1-12-8-9-15(10-13(12)2)14(3)21-17(24)11-22-18(25)19(26)23(20(22)27)16-6-4-5-7-16/h8-10,14,16H,4-7,11H2,1-3H3,(H,21,24). The van der Waals surface area contributed by atoms with E-state index in [0.29, 0.717) is 12.8 Å². The van der Waals surface area contributed by atoms with E-state index in [0.717, 1.165) is 39.3 Å². The number of carbonyl (C=O) groups is 4. The molecular formula is C20H25N3O4. The third-order valence-electron chi connectivity index (χ3n) is 5.48. The summed E-state index contributed by atoms with van der Waals surface area (Å²) in [5, 5.41) is 2.80. The molecule has 1 unspecified atom stereocenters. The summed E-state index contributed by atoms with van der Waals surface area (Å²) in [6.45, 7) is 5.41. The quantitative estimate of drug-likeness (QED) is 0.635. The number of imide groups is 2. The summed E-state index contributed by atoms with van der Waals surface area (Å²) >= 11 is 0. The zero-order valence-corrected chi connectivity index (χ0v) is 15.9. The largest absolute Gasteiger partial charge is 0.348 e. The van der Waals surface area contributed by atoms with Crippen molar-refractivity contribution in [2.75, 3.05) is 6.54 Å². The lowest BCUT2D eigenvalue weighted by atomic mass is 10.0. The average Bonchev–Trinajstić information content (AvgIpc) is 3.21. The van der Waals surface area contributed by atoms with E-state index in [-0.39, 0.29) is 12.1 Å². The van der Waals surface area contributed by atoms with Crippen LogP contribution >= 0.6 is 0 Å². The summed E-state index contributed by atoms with van der Waals surface area (Å²) in [5.41, 5.74) is 3.22. The number of nitrogens with one attached hydrogen (secondary N) is 1. The molecule has 5 amide bonds. The van der Waals surface area contributed by atoms with Gasteiger partial charge in [-0.15, -0.1) is 0 Å². The minimum atomic E-state index is -0.916.